The summed E-state index contributed by atoms with van der Waals surface area (Å²) < 4.78 is 21.6. The summed E-state index contributed by atoms with van der Waals surface area (Å²) in [4.78, 5) is 22.9. The van der Waals surface area contributed by atoms with Crippen LogP contribution in [0.5, 0.6) is 0 Å². The second kappa shape index (κ2) is 8.29. The minimum absolute atomic E-state index is 0.0542. The van der Waals surface area contributed by atoms with E-state index in [4.69, 9.17) is 15.5 Å². The number of benzene rings is 1. The lowest BCUT2D eigenvalue weighted by Gasteiger charge is -2.29. The number of carbonyl (C=O) groups excluding carboxylic acids is 1. The molecule has 4 rings (SSSR count). The fourth-order valence-electron chi connectivity index (χ4n) is 4.22. The number of aryl methyl sites for hydroxylation is 1. The predicted molar refractivity (Wildman–Crippen MR) is 123 cm³/mol. The van der Waals surface area contributed by atoms with Crippen LogP contribution in [-0.4, -0.2) is 45.4 Å². The van der Waals surface area contributed by atoms with Crippen molar-refractivity contribution in [1.29, 1.82) is 0 Å². The van der Waals surface area contributed by atoms with Crippen LogP contribution < -0.4 is 16.0 Å². The summed E-state index contributed by atoms with van der Waals surface area (Å²) in [6.45, 7) is 6.73. The second-order valence-corrected chi connectivity index (χ2v) is 9.09. The number of nitrogens with two attached hydrogens (primary N) is 1. The SMILES string of the molecule is Cn1c(-c2ccncc2F)nc2c(N3CCC[C@H]3CNC(=O)OC(C)(C)C)c(N)ccc21. The number of imidazole rings is 1. The van der Waals surface area contributed by atoms with Gasteiger partial charge in [0.2, 0.25) is 0 Å². The number of hydrogen-bond donors (Lipinski definition) is 2. The van der Waals surface area contributed by atoms with Crippen LogP contribution in [0.2, 0.25) is 0 Å². The van der Waals surface area contributed by atoms with Gasteiger partial charge in [0.1, 0.15) is 16.9 Å². The zero-order valence-electron chi connectivity index (χ0n) is 18.9. The lowest BCUT2D eigenvalue weighted by atomic mass is 10.1. The molecule has 8 nitrogen and oxygen atoms in total. The number of aromatic nitrogens is 3. The van der Waals surface area contributed by atoms with E-state index in [1.54, 1.807) is 12.3 Å². The number of anilines is 2. The molecule has 1 aliphatic heterocycles. The summed E-state index contributed by atoms with van der Waals surface area (Å²) >= 11 is 0. The van der Waals surface area contributed by atoms with Gasteiger partial charge in [-0.05, 0) is 51.8 Å². The molecule has 1 atom stereocenters. The van der Waals surface area contributed by atoms with Crippen molar-refractivity contribution in [3.05, 3.63) is 36.4 Å². The molecule has 0 aliphatic carbocycles. The van der Waals surface area contributed by atoms with E-state index in [1.165, 1.54) is 6.20 Å². The molecule has 3 aromatic rings. The molecular formula is C23H29FN6O2. The Kier molecular flexibility index (Phi) is 5.66. The Bertz CT molecular complexity index is 1150. The highest BCUT2D eigenvalue weighted by molar-refractivity contribution is 5.98. The first-order valence-electron chi connectivity index (χ1n) is 10.7. The highest BCUT2D eigenvalue weighted by Crippen LogP contribution is 2.38. The first kappa shape index (κ1) is 21.9. The quantitative estimate of drug-likeness (QED) is 0.598. The van der Waals surface area contributed by atoms with Gasteiger partial charge >= 0.3 is 6.09 Å². The van der Waals surface area contributed by atoms with Gasteiger partial charge in [0.15, 0.2) is 5.82 Å². The standard InChI is InChI=1S/C23H29FN6O2/c1-23(2,3)32-22(31)27-12-14-6-5-11-30(14)20-17(25)7-8-18-19(20)28-21(29(18)4)15-9-10-26-13-16(15)24/h7-10,13-14H,5-6,11-12,25H2,1-4H3,(H,27,31)/t14-/m0/s1. The number of nitrogens with one attached hydrogen (secondary N) is 1. The number of nitrogens with zero attached hydrogens (tertiary/aromatic N) is 4. The van der Waals surface area contributed by atoms with Gasteiger partial charge in [-0.2, -0.15) is 0 Å². The summed E-state index contributed by atoms with van der Waals surface area (Å²) in [5, 5.41) is 2.87. The number of rotatable bonds is 4. The van der Waals surface area contributed by atoms with Crippen molar-refractivity contribution in [1.82, 2.24) is 19.9 Å². The number of pyridine rings is 1. The number of nitrogen functional groups attached to an aromatic ring is 1. The Balaban J connectivity index is 1.67. The van der Waals surface area contributed by atoms with E-state index >= 15 is 0 Å². The zero-order valence-corrected chi connectivity index (χ0v) is 18.9. The number of amides is 1. The maximum absolute atomic E-state index is 14.4. The van der Waals surface area contributed by atoms with Gasteiger partial charge in [0, 0.05) is 32.4 Å². The van der Waals surface area contributed by atoms with Crippen molar-refractivity contribution in [2.75, 3.05) is 23.7 Å². The van der Waals surface area contributed by atoms with Crippen LogP contribution in [0.3, 0.4) is 0 Å². The molecule has 1 aliphatic rings. The molecule has 1 saturated heterocycles. The topological polar surface area (TPSA) is 98.3 Å². The summed E-state index contributed by atoms with van der Waals surface area (Å²) in [6, 6.07) is 5.41. The lowest BCUT2D eigenvalue weighted by Crippen LogP contribution is -2.42. The Morgan fingerprint density at radius 1 is 1.34 bits per heavy atom. The molecule has 3 N–H and O–H groups in total. The van der Waals surface area contributed by atoms with Crippen LogP contribution in [0.25, 0.3) is 22.4 Å². The third kappa shape index (κ3) is 4.19. The molecule has 0 bridgehead atoms. The molecule has 1 aromatic carbocycles. The van der Waals surface area contributed by atoms with Gasteiger partial charge in [0.05, 0.1) is 28.7 Å². The average Bonchev–Trinajstić information content (AvgIpc) is 3.30. The average molecular weight is 441 g/mol. The minimum Gasteiger partial charge on any atom is -0.444 e. The Morgan fingerprint density at radius 3 is 2.84 bits per heavy atom. The highest BCUT2D eigenvalue weighted by Gasteiger charge is 2.30. The van der Waals surface area contributed by atoms with Crippen molar-refractivity contribution >= 4 is 28.5 Å². The summed E-state index contributed by atoms with van der Waals surface area (Å²) in [7, 11) is 1.86. The molecule has 2 aromatic heterocycles. The molecule has 32 heavy (non-hydrogen) atoms. The normalized spacial score (nSPS) is 16.5. The Hall–Kier alpha value is -3.36. The number of alkyl carbamates (subject to hydrolysis) is 1. The van der Waals surface area contributed by atoms with Gasteiger partial charge in [0.25, 0.3) is 0 Å². The van der Waals surface area contributed by atoms with Gasteiger partial charge in [-0.3, -0.25) is 4.98 Å². The lowest BCUT2D eigenvalue weighted by molar-refractivity contribution is 0.0525. The molecule has 0 unspecified atom stereocenters. The Labute approximate surface area is 186 Å². The van der Waals surface area contributed by atoms with Crippen molar-refractivity contribution < 1.29 is 13.9 Å². The third-order valence-electron chi connectivity index (χ3n) is 5.62. The van der Waals surface area contributed by atoms with Gasteiger partial charge in [-0.25, -0.2) is 14.2 Å². The van der Waals surface area contributed by atoms with Crippen LogP contribution in [0, 0.1) is 5.82 Å². The molecule has 0 saturated carbocycles. The van der Waals surface area contributed by atoms with Crippen LogP contribution in [-0.2, 0) is 11.8 Å². The fourth-order valence-corrected chi connectivity index (χ4v) is 4.22. The molecule has 3 heterocycles. The van der Waals surface area contributed by atoms with Crippen LogP contribution >= 0.6 is 0 Å². The van der Waals surface area contributed by atoms with Gasteiger partial charge in [-0.15, -0.1) is 0 Å². The van der Waals surface area contributed by atoms with E-state index in [0.29, 0.717) is 29.1 Å². The van der Waals surface area contributed by atoms with Crippen molar-refractivity contribution in [3.63, 3.8) is 0 Å². The maximum atomic E-state index is 14.4. The van der Waals surface area contributed by atoms with Gasteiger partial charge in [-0.1, -0.05) is 0 Å². The van der Waals surface area contributed by atoms with E-state index in [9.17, 15) is 9.18 Å². The van der Waals surface area contributed by atoms with Crippen LogP contribution in [0.1, 0.15) is 33.6 Å². The molecule has 0 radical (unpaired) electrons. The maximum Gasteiger partial charge on any atom is 0.407 e. The summed E-state index contributed by atoms with van der Waals surface area (Å²) in [5.74, 6) is 0.0791. The smallest absolute Gasteiger partial charge is 0.407 e. The Morgan fingerprint density at radius 2 is 2.12 bits per heavy atom. The highest BCUT2D eigenvalue weighted by atomic mass is 19.1. The molecular weight excluding hydrogens is 411 g/mol. The fraction of sp³-hybridized carbons (Fsp3) is 0.435. The molecule has 170 valence electrons. The van der Waals surface area contributed by atoms with E-state index in [-0.39, 0.29) is 6.04 Å². The number of hydrogen-bond acceptors (Lipinski definition) is 6. The van der Waals surface area contributed by atoms with E-state index in [1.807, 2.05) is 44.5 Å². The largest absolute Gasteiger partial charge is 0.444 e. The first-order valence-corrected chi connectivity index (χ1v) is 10.7. The number of halogens is 1. The zero-order chi connectivity index (χ0) is 23.0. The molecule has 0 spiro atoms. The molecule has 1 fully saturated rings. The first-order chi connectivity index (χ1) is 15.2. The van der Waals surface area contributed by atoms with E-state index in [0.717, 1.165) is 30.6 Å². The van der Waals surface area contributed by atoms with Crippen molar-refractivity contribution in [3.8, 4) is 11.4 Å². The number of fused-ring (bicyclic) bond motifs is 1. The van der Waals surface area contributed by atoms with Crippen LogP contribution in [0.15, 0.2) is 30.6 Å². The van der Waals surface area contributed by atoms with E-state index < -0.39 is 17.5 Å². The van der Waals surface area contributed by atoms with E-state index in [2.05, 4.69) is 15.2 Å². The minimum atomic E-state index is -0.554. The number of carbonyl (C=O) groups is 1. The van der Waals surface area contributed by atoms with Gasteiger partial charge < -0.3 is 25.3 Å². The molecule has 9 heteroatoms. The molecule has 1 amide bonds. The van der Waals surface area contributed by atoms with Crippen molar-refractivity contribution in [2.45, 2.75) is 45.3 Å². The third-order valence-corrected chi connectivity index (χ3v) is 5.62. The monoisotopic (exact) mass is 440 g/mol. The number of ether oxygens (including phenoxy) is 1. The predicted octanol–water partition coefficient (Wildman–Crippen LogP) is 3.85. The summed E-state index contributed by atoms with van der Waals surface area (Å²) in [5.41, 5.74) is 9.21. The summed E-state index contributed by atoms with van der Waals surface area (Å²) in [6.07, 6.45) is 4.16. The van der Waals surface area contributed by atoms with Crippen LogP contribution in [0.4, 0.5) is 20.6 Å². The second-order valence-electron chi connectivity index (χ2n) is 9.09. The van der Waals surface area contributed by atoms with Crippen molar-refractivity contribution in [2.24, 2.45) is 7.05 Å².